The number of hydrogen-bond acceptors (Lipinski definition) is 2. The molecule has 66 valence electrons. The zero-order valence-electron chi connectivity index (χ0n) is 7.55. The maximum Gasteiger partial charge on any atom is 0.133 e. The second-order valence-corrected chi connectivity index (χ2v) is 3.62. The molecule has 0 radical (unpaired) electrons. The van der Waals surface area contributed by atoms with Gasteiger partial charge < -0.3 is 0 Å². The van der Waals surface area contributed by atoms with Crippen LogP contribution in [0.3, 0.4) is 0 Å². The minimum absolute atomic E-state index is 0.179. The number of hydrogen-bond donors (Lipinski definition) is 0. The SMILES string of the molecule is CC(=O)[C@@H]1CCCC[C@@H]1CC#N. The van der Waals surface area contributed by atoms with Crippen molar-refractivity contribution in [1.82, 2.24) is 0 Å². The van der Waals surface area contributed by atoms with Crippen LogP contribution in [0.25, 0.3) is 0 Å². The molecule has 1 rings (SSSR count). The van der Waals surface area contributed by atoms with E-state index in [0.29, 0.717) is 12.3 Å². The van der Waals surface area contributed by atoms with Crippen LogP contribution >= 0.6 is 0 Å². The van der Waals surface area contributed by atoms with Gasteiger partial charge in [-0.1, -0.05) is 12.8 Å². The van der Waals surface area contributed by atoms with Crippen LogP contribution in [0.15, 0.2) is 0 Å². The molecule has 0 aromatic carbocycles. The fraction of sp³-hybridized carbons (Fsp3) is 0.800. The summed E-state index contributed by atoms with van der Waals surface area (Å²) in [6.45, 7) is 1.65. The van der Waals surface area contributed by atoms with Crippen LogP contribution in [0.5, 0.6) is 0 Å². The number of ketones is 1. The van der Waals surface area contributed by atoms with Gasteiger partial charge in [0, 0.05) is 12.3 Å². The summed E-state index contributed by atoms with van der Waals surface area (Å²) in [5.41, 5.74) is 0. The van der Waals surface area contributed by atoms with E-state index in [0.717, 1.165) is 19.3 Å². The fourth-order valence-corrected chi connectivity index (χ4v) is 2.10. The number of carbonyl (C=O) groups is 1. The summed E-state index contributed by atoms with van der Waals surface area (Å²) in [6.07, 6.45) is 4.98. The van der Waals surface area contributed by atoms with Crippen molar-refractivity contribution < 1.29 is 4.79 Å². The van der Waals surface area contributed by atoms with Crippen LogP contribution in [0, 0.1) is 23.2 Å². The average Bonchev–Trinajstić information content (AvgIpc) is 2.05. The van der Waals surface area contributed by atoms with E-state index >= 15 is 0 Å². The largest absolute Gasteiger partial charge is 0.300 e. The first-order chi connectivity index (χ1) is 5.75. The molecule has 1 aliphatic carbocycles. The van der Waals surface area contributed by atoms with Crippen molar-refractivity contribution >= 4 is 5.78 Å². The van der Waals surface area contributed by atoms with Crippen LogP contribution in [0.4, 0.5) is 0 Å². The van der Waals surface area contributed by atoms with Gasteiger partial charge in [-0.3, -0.25) is 4.79 Å². The van der Waals surface area contributed by atoms with E-state index in [-0.39, 0.29) is 11.7 Å². The summed E-state index contributed by atoms with van der Waals surface area (Å²) >= 11 is 0. The van der Waals surface area contributed by atoms with Gasteiger partial charge in [-0.2, -0.15) is 5.26 Å². The van der Waals surface area contributed by atoms with Crippen LogP contribution in [0.1, 0.15) is 39.0 Å². The Morgan fingerprint density at radius 1 is 1.50 bits per heavy atom. The second kappa shape index (κ2) is 4.25. The minimum Gasteiger partial charge on any atom is -0.300 e. The number of carbonyl (C=O) groups excluding carboxylic acids is 1. The molecule has 2 heteroatoms. The van der Waals surface area contributed by atoms with E-state index < -0.39 is 0 Å². The van der Waals surface area contributed by atoms with Gasteiger partial charge in [0.2, 0.25) is 0 Å². The molecular formula is C10H15NO. The molecule has 0 saturated heterocycles. The van der Waals surface area contributed by atoms with E-state index in [9.17, 15) is 4.79 Å². The van der Waals surface area contributed by atoms with E-state index in [2.05, 4.69) is 6.07 Å². The van der Waals surface area contributed by atoms with Gasteiger partial charge in [-0.05, 0) is 25.7 Å². The normalized spacial score (nSPS) is 29.3. The molecule has 1 saturated carbocycles. The second-order valence-electron chi connectivity index (χ2n) is 3.62. The topological polar surface area (TPSA) is 40.9 Å². The molecule has 0 aromatic heterocycles. The summed E-state index contributed by atoms with van der Waals surface area (Å²) in [7, 11) is 0. The Bertz CT molecular complexity index is 204. The van der Waals surface area contributed by atoms with Crippen molar-refractivity contribution in [3.05, 3.63) is 0 Å². The molecule has 12 heavy (non-hydrogen) atoms. The lowest BCUT2D eigenvalue weighted by atomic mass is 9.76. The van der Waals surface area contributed by atoms with E-state index in [1.807, 2.05) is 0 Å². The maximum atomic E-state index is 11.2. The van der Waals surface area contributed by atoms with Gasteiger partial charge in [-0.15, -0.1) is 0 Å². The van der Waals surface area contributed by atoms with Gasteiger partial charge in [0.1, 0.15) is 5.78 Å². The van der Waals surface area contributed by atoms with Crippen molar-refractivity contribution in [3.63, 3.8) is 0 Å². The molecule has 0 aliphatic heterocycles. The maximum absolute atomic E-state index is 11.2. The molecule has 0 N–H and O–H groups in total. The van der Waals surface area contributed by atoms with Crippen LogP contribution in [-0.4, -0.2) is 5.78 Å². The lowest BCUT2D eigenvalue weighted by molar-refractivity contribution is -0.123. The van der Waals surface area contributed by atoms with Crippen molar-refractivity contribution in [2.45, 2.75) is 39.0 Å². The summed E-state index contributed by atoms with van der Waals surface area (Å²) in [5.74, 6) is 0.801. The fourth-order valence-electron chi connectivity index (χ4n) is 2.10. The van der Waals surface area contributed by atoms with Crippen molar-refractivity contribution in [2.75, 3.05) is 0 Å². The first-order valence-corrected chi connectivity index (χ1v) is 4.63. The molecule has 1 aliphatic rings. The Morgan fingerprint density at radius 3 is 2.75 bits per heavy atom. The highest BCUT2D eigenvalue weighted by atomic mass is 16.1. The quantitative estimate of drug-likeness (QED) is 0.630. The molecule has 0 spiro atoms. The van der Waals surface area contributed by atoms with Gasteiger partial charge in [0.05, 0.1) is 6.07 Å². The summed E-state index contributed by atoms with van der Waals surface area (Å²) in [6, 6.07) is 2.17. The monoisotopic (exact) mass is 165 g/mol. The van der Waals surface area contributed by atoms with Crippen molar-refractivity contribution in [2.24, 2.45) is 11.8 Å². The molecule has 2 atom stereocenters. The Morgan fingerprint density at radius 2 is 2.17 bits per heavy atom. The Kier molecular flexibility index (Phi) is 3.28. The molecule has 2 nitrogen and oxygen atoms in total. The highest BCUT2D eigenvalue weighted by Gasteiger charge is 2.27. The van der Waals surface area contributed by atoms with Crippen LogP contribution < -0.4 is 0 Å². The number of nitriles is 1. The zero-order valence-corrected chi connectivity index (χ0v) is 7.55. The Labute approximate surface area is 73.6 Å². The van der Waals surface area contributed by atoms with E-state index in [1.54, 1.807) is 6.92 Å². The number of Topliss-reactive ketones (excluding diaryl/α,β-unsaturated/α-hetero) is 1. The predicted molar refractivity (Wildman–Crippen MR) is 46.4 cm³/mol. The molecule has 0 unspecified atom stereocenters. The minimum atomic E-state index is 0.179. The molecule has 0 aromatic rings. The molecule has 1 fully saturated rings. The third kappa shape index (κ3) is 2.07. The first kappa shape index (κ1) is 9.25. The highest BCUT2D eigenvalue weighted by molar-refractivity contribution is 5.78. The first-order valence-electron chi connectivity index (χ1n) is 4.63. The standard InChI is InChI=1S/C10H15NO/c1-8(12)10-5-3-2-4-9(10)6-7-11/h9-10H,2-6H2,1H3/t9-,10+/m1/s1. The van der Waals surface area contributed by atoms with Gasteiger partial charge in [-0.25, -0.2) is 0 Å². The summed E-state index contributed by atoms with van der Waals surface area (Å²) in [5, 5.41) is 8.56. The smallest absolute Gasteiger partial charge is 0.133 e. The third-order valence-corrected chi connectivity index (χ3v) is 2.78. The van der Waals surface area contributed by atoms with Crippen molar-refractivity contribution in [1.29, 1.82) is 5.26 Å². The Hall–Kier alpha value is -0.840. The van der Waals surface area contributed by atoms with Crippen molar-refractivity contribution in [3.8, 4) is 6.07 Å². The lowest BCUT2D eigenvalue weighted by Gasteiger charge is -2.27. The van der Waals surface area contributed by atoms with Gasteiger partial charge >= 0.3 is 0 Å². The number of nitrogens with zero attached hydrogens (tertiary/aromatic N) is 1. The predicted octanol–water partition coefficient (Wildman–Crippen LogP) is 2.30. The molecular weight excluding hydrogens is 150 g/mol. The lowest BCUT2D eigenvalue weighted by Crippen LogP contribution is -2.25. The summed E-state index contributed by atoms with van der Waals surface area (Å²) in [4.78, 5) is 11.2. The van der Waals surface area contributed by atoms with Crippen LogP contribution in [0.2, 0.25) is 0 Å². The van der Waals surface area contributed by atoms with E-state index in [1.165, 1.54) is 6.42 Å². The third-order valence-electron chi connectivity index (χ3n) is 2.78. The average molecular weight is 165 g/mol. The highest BCUT2D eigenvalue weighted by Crippen LogP contribution is 2.32. The molecule has 0 bridgehead atoms. The molecule has 0 heterocycles. The van der Waals surface area contributed by atoms with Gasteiger partial charge in [0.15, 0.2) is 0 Å². The Balaban J connectivity index is 2.55. The van der Waals surface area contributed by atoms with Crippen LogP contribution in [-0.2, 0) is 4.79 Å². The molecule has 0 amide bonds. The number of rotatable bonds is 2. The van der Waals surface area contributed by atoms with E-state index in [4.69, 9.17) is 5.26 Å². The summed E-state index contributed by atoms with van der Waals surface area (Å²) < 4.78 is 0. The van der Waals surface area contributed by atoms with Gasteiger partial charge in [0.25, 0.3) is 0 Å². The zero-order chi connectivity index (χ0) is 8.97.